The topological polar surface area (TPSA) is 46.9 Å². The van der Waals surface area contributed by atoms with Gasteiger partial charge in [-0.05, 0) is 28.5 Å². The van der Waals surface area contributed by atoms with E-state index in [2.05, 4.69) is 10.3 Å². The minimum Gasteiger partial charge on any atom is -0.349 e. The zero-order valence-electron chi connectivity index (χ0n) is 16.2. The Kier molecular flexibility index (Phi) is 4.78. The van der Waals surface area contributed by atoms with Crippen LogP contribution < -0.4 is 5.32 Å². The Labute approximate surface area is 167 Å². The first-order chi connectivity index (χ1) is 13.9. The van der Waals surface area contributed by atoms with E-state index in [1.165, 1.54) is 11.5 Å². The maximum absolute atomic E-state index is 15.4. The number of hydrogen-bond acceptors (Lipinski definition) is 2. The first-order valence-electron chi connectivity index (χ1n) is 9.41. The highest BCUT2D eigenvalue weighted by Crippen LogP contribution is 2.39. The predicted octanol–water partition coefficient (Wildman–Crippen LogP) is 5.09. The maximum atomic E-state index is 15.4. The fourth-order valence-corrected chi connectivity index (χ4v) is 3.86. The molecule has 0 aliphatic rings. The highest BCUT2D eigenvalue weighted by molar-refractivity contribution is 5.86. The van der Waals surface area contributed by atoms with Crippen molar-refractivity contribution in [2.75, 3.05) is 0 Å². The quantitative estimate of drug-likeness (QED) is 0.514. The number of para-hydroxylation sites is 2. The van der Waals surface area contributed by atoms with Gasteiger partial charge in [0.2, 0.25) is 5.91 Å². The SMILES string of the molecule is CC(=O)NC(CC(F)(F)c1nc2ccccc2n1C)c1cccc2ccccc12. The Balaban J connectivity index is 1.77. The number of aryl methyl sites for hydroxylation is 1. The van der Waals surface area contributed by atoms with Crippen molar-refractivity contribution in [3.05, 3.63) is 78.1 Å². The van der Waals surface area contributed by atoms with Gasteiger partial charge in [0.1, 0.15) is 0 Å². The van der Waals surface area contributed by atoms with E-state index in [-0.39, 0.29) is 11.7 Å². The minimum atomic E-state index is -3.24. The molecule has 4 nitrogen and oxygen atoms in total. The Morgan fingerprint density at radius 2 is 1.76 bits per heavy atom. The van der Waals surface area contributed by atoms with Crippen LogP contribution in [-0.2, 0) is 17.8 Å². The molecule has 148 valence electrons. The molecule has 1 amide bonds. The summed E-state index contributed by atoms with van der Waals surface area (Å²) in [6.07, 6.45) is -0.586. The third kappa shape index (κ3) is 3.58. The van der Waals surface area contributed by atoms with Gasteiger partial charge < -0.3 is 9.88 Å². The molecule has 0 aliphatic heterocycles. The number of nitrogens with one attached hydrogen (secondary N) is 1. The van der Waals surface area contributed by atoms with Crippen molar-refractivity contribution in [3.8, 4) is 0 Å². The van der Waals surface area contributed by atoms with Gasteiger partial charge in [0.15, 0.2) is 5.82 Å². The Bertz CT molecular complexity index is 1190. The number of amides is 1. The van der Waals surface area contributed by atoms with Crippen molar-refractivity contribution in [2.24, 2.45) is 7.05 Å². The van der Waals surface area contributed by atoms with Gasteiger partial charge in [-0.2, -0.15) is 8.78 Å². The van der Waals surface area contributed by atoms with E-state index in [1.807, 2.05) is 36.4 Å². The van der Waals surface area contributed by atoms with Crippen molar-refractivity contribution in [1.29, 1.82) is 0 Å². The lowest BCUT2D eigenvalue weighted by atomic mass is 9.94. The van der Waals surface area contributed by atoms with E-state index >= 15 is 8.78 Å². The third-order valence-electron chi connectivity index (χ3n) is 5.15. The standard InChI is InChI=1S/C23H21F2N3O/c1-15(29)26-20(18-11-7-9-16-8-3-4-10-17(16)18)14-23(24,25)22-27-19-12-5-6-13-21(19)28(22)2/h3-13,20H,14H2,1-2H3,(H,26,29). The molecular formula is C23H21F2N3O. The van der Waals surface area contributed by atoms with Crippen LogP contribution in [0.3, 0.4) is 0 Å². The molecule has 1 atom stereocenters. The number of imidazole rings is 1. The van der Waals surface area contributed by atoms with Crippen LogP contribution in [0.2, 0.25) is 0 Å². The van der Waals surface area contributed by atoms with Gasteiger partial charge in [-0.1, -0.05) is 54.6 Å². The lowest BCUT2D eigenvalue weighted by Gasteiger charge is -2.25. The molecule has 0 bridgehead atoms. The van der Waals surface area contributed by atoms with Crippen LogP contribution in [0.25, 0.3) is 21.8 Å². The summed E-state index contributed by atoms with van der Waals surface area (Å²) < 4.78 is 32.2. The van der Waals surface area contributed by atoms with E-state index in [1.54, 1.807) is 37.4 Å². The molecule has 1 N–H and O–H groups in total. The Hall–Kier alpha value is -3.28. The third-order valence-corrected chi connectivity index (χ3v) is 5.15. The normalized spacial score (nSPS) is 13.0. The van der Waals surface area contributed by atoms with Crippen LogP contribution >= 0.6 is 0 Å². The average Bonchev–Trinajstić information content (AvgIpc) is 3.04. The van der Waals surface area contributed by atoms with Gasteiger partial charge in [0.05, 0.1) is 17.1 Å². The Morgan fingerprint density at radius 3 is 2.52 bits per heavy atom. The van der Waals surface area contributed by atoms with Gasteiger partial charge in [-0.25, -0.2) is 4.98 Å². The molecule has 4 rings (SSSR count). The molecule has 0 aliphatic carbocycles. The Morgan fingerprint density at radius 1 is 1.07 bits per heavy atom. The van der Waals surface area contributed by atoms with E-state index in [4.69, 9.17) is 0 Å². The maximum Gasteiger partial charge on any atom is 0.307 e. The van der Waals surface area contributed by atoms with Crippen molar-refractivity contribution < 1.29 is 13.6 Å². The summed E-state index contributed by atoms with van der Waals surface area (Å²) in [6.45, 7) is 1.34. The summed E-state index contributed by atoms with van der Waals surface area (Å²) >= 11 is 0. The summed E-state index contributed by atoms with van der Waals surface area (Å²) in [5.74, 6) is -3.91. The average molecular weight is 393 g/mol. The number of nitrogens with zero attached hydrogens (tertiary/aromatic N) is 2. The van der Waals surface area contributed by atoms with Crippen molar-refractivity contribution in [1.82, 2.24) is 14.9 Å². The lowest BCUT2D eigenvalue weighted by Crippen LogP contribution is -2.32. The van der Waals surface area contributed by atoms with Crippen molar-refractivity contribution in [2.45, 2.75) is 25.3 Å². The van der Waals surface area contributed by atoms with E-state index in [0.29, 0.717) is 16.6 Å². The zero-order chi connectivity index (χ0) is 20.6. The summed E-state index contributed by atoms with van der Waals surface area (Å²) in [4.78, 5) is 16.0. The summed E-state index contributed by atoms with van der Waals surface area (Å²) in [5, 5.41) is 4.49. The molecule has 6 heteroatoms. The number of benzene rings is 3. The molecule has 29 heavy (non-hydrogen) atoms. The number of halogens is 2. The van der Waals surface area contributed by atoms with Crippen LogP contribution in [0.5, 0.6) is 0 Å². The molecular weight excluding hydrogens is 372 g/mol. The number of aromatic nitrogens is 2. The molecule has 0 saturated carbocycles. The van der Waals surface area contributed by atoms with Gasteiger partial charge in [0.25, 0.3) is 0 Å². The van der Waals surface area contributed by atoms with Crippen LogP contribution in [0, 0.1) is 0 Å². The minimum absolute atomic E-state index is 0.311. The van der Waals surface area contributed by atoms with E-state index in [9.17, 15) is 4.79 Å². The first kappa shape index (κ1) is 19.1. The van der Waals surface area contributed by atoms with Crippen LogP contribution in [0.4, 0.5) is 8.78 Å². The summed E-state index contributed by atoms with van der Waals surface area (Å²) in [6, 6.07) is 19.3. The molecule has 0 spiro atoms. The number of alkyl halides is 2. The van der Waals surface area contributed by atoms with Gasteiger partial charge in [0, 0.05) is 20.4 Å². The number of fused-ring (bicyclic) bond motifs is 2. The molecule has 4 aromatic rings. The van der Waals surface area contributed by atoms with Crippen molar-refractivity contribution >= 4 is 27.7 Å². The van der Waals surface area contributed by atoms with E-state index < -0.39 is 18.4 Å². The highest BCUT2D eigenvalue weighted by Gasteiger charge is 2.40. The smallest absolute Gasteiger partial charge is 0.307 e. The van der Waals surface area contributed by atoms with Crippen LogP contribution in [0.15, 0.2) is 66.7 Å². The summed E-state index contributed by atoms with van der Waals surface area (Å²) in [7, 11) is 1.59. The molecule has 1 heterocycles. The molecule has 1 aromatic heterocycles. The predicted molar refractivity (Wildman–Crippen MR) is 110 cm³/mol. The van der Waals surface area contributed by atoms with Gasteiger partial charge in [-0.3, -0.25) is 4.79 Å². The first-order valence-corrected chi connectivity index (χ1v) is 9.41. The lowest BCUT2D eigenvalue weighted by molar-refractivity contribution is -0.120. The second-order valence-electron chi connectivity index (χ2n) is 7.21. The second kappa shape index (κ2) is 7.28. The number of rotatable bonds is 5. The molecule has 0 radical (unpaired) electrons. The molecule has 0 fully saturated rings. The fourth-order valence-electron chi connectivity index (χ4n) is 3.86. The fraction of sp³-hybridized carbons (Fsp3) is 0.217. The number of carbonyl (C=O) groups is 1. The molecule has 3 aromatic carbocycles. The van der Waals surface area contributed by atoms with Gasteiger partial charge in [-0.15, -0.1) is 0 Å². The number of carbonyl (C=O) groups excluding carboxylic acids is 1. The van der Waals surface area contributed by atoms with E-state index in [0.717, 1.165) is 10.8 Å². The van der Waals surface area contributed by atoms with Crippen LogP contribution in [0.1, 0.15) is 30.8 Å². The highest BCUT2D eigenvalue weighted by atomic mass is 19.3. The summed E-state index contributed by atoms with van der Waals surface area (Å²) in [5.41, 5.74) is 1.83. The molecule has 0 saturated heterocycles. The largest absolute Gasteiger partial charge is 0.349 e. The van der Waals surface area contributed by atoms with Crippen molar-refractivity contribution in [3.63, 3.8) is 0 Å². The van der Waals surface area contributed by atoms with Gasteiger partial charge >= 0.3 is 5.92 Å². The molecule has 1 unspecified atom stereocenters. The second-order valence-corrected chi connectivity index (χ2v) is 7.21. The van der Waals surface area contributed by atoms with Crippen LogP contribution in [-0.4, -0.2) is 15.5 Å². The number of hydrogen-bond donors (Lipinski definition) is 1. The zero-order valence-corrected chi connectivity index (χ0v) is 16.2. The monoisotopic (exact) mass is 393 g/mol.